The lowest BCUT2D eigenvalue weighted by molar-refractivity contribution is -0.121. The standard InChI is InChI=1S/C18H22FN3OS/c19-14-10-16(22(12-14)13-17-5-3-9-24-17)11-21-18(23)7-6-15-4-1-2-8-20-15/h1-5,8-9,14,16H,6-7,10-13H2,(H,21,23)/t14-,16-/m0/s1. The average molecular weight is 347 g/mol. The Labute approximate surface area is 145 Å². The highest BCUT2D eigenvalue weighted by Gasteiger charge is 2.32. The minimum Gasteiger partial charge on any atom is -0.355 e. The van der Waals surface area contributed by atoms with E-state index in [0.29, 0.717) is 32.4 Å². The van der Waals surface area contributed by atoms with Gasteiger partial charge in [-0.3, -0.25) is 14.7 Å². The lowest BCUT2D eigenvalue weighted by Crippen LogP contribution is -2.39. The summed E-state index contributed by atoms with van der Waals surface area (Å²) in [6.07, 6.45) is 2.46. The van der Waals surface area contributed by atoms with Gasteiger partial charge in [0.25, 0.3) is 0 Å². The molecule has 1 saturated heterocycles. The van der Waals surface area contributed by atoms with Gasteiger partial charge >= 0.3 is 0 Å². The van der Waals surface area contributed by atoms with E-state index >= 15 is 0 Å². The summed E-state index contributed by atoms with van der Waals surface area (Å²) in [7, 11) is 0. The molecule has 2 aromatic rings. The number of carbonyl (C=O) groups is 1. The molecule has 0 spiro atoms. The van der Waals surface area contributed by atoms with Crippen molar-refractivity contribution in [3.8, 4) is 0 Å². The third-order valence-corrected chi connectivity index (χ3v) is 5.15. The third kappa shape index (κ3) is 4.85. The predicted octanol–water partition coefficient (Wildman–Crippen LogP) is 2.80. The number of aryl methyl sites for hydroxylation is 1. The first-order chi connectivity index (χ1) is 11.7. The molecule has 3 rings (SSSR count). The minimum atomic E-state index is -0.805. The molecule has 1 N–H and O–H groups in total. The van der Waals surface area contributed by atoms with Crippen LogP contribution in [0.2, 0.25) is 0 Å². The van der Waals surface area contributed by atoms with Gasteiger partial charge in [-0.15, -0.1) is 11.3 Å². The molecule has 6 heteroatoms. The number of nitrogens with one attached hydrogen (secondary N) is 1. The molecule has 0 unspecified atom stereocenters. The van der Waals surface area contributed by atoms with Crippen molar-refractivity contribution in [3.63, 3.8) is 0 Å². The molecule has 0 aromatic carbocycles. The Morgan fingerprint density at radius 1 is 1.38 bits per heavy atom. The van der Waals surface area contributed by atoms with Crippen LogP contribution in [-0.4, -0.2) is 41.1 Å². The number of alkyl halides is 1. The molecule has 0 radical (unpaired) electrons. The van der Waals surface area contributed by atoms with E-state index in [9.17, 15) is 9.18 Å². The van der Waals surface area contributed by atoms with Crippen molar-refractivity contribution in [2.24, 2.45) is 0 Å². The number of aromatic nitrogens is 1. The summed E-state index contributed by atoms with van der Waals surface area (Å²) in [5, 5.41) is 4.99. The van der Waals surface area contributed by atoms with Crippen LogP contribution in [0.25, 0.3) is 0 Å². The van der Waals surface area contributed by atoms with Crippen LogP contribution in [-0.2, 0) is 17.8 Å². The topological polar surface area (TPSA) is 45.2 Å². The maximum atomic E-state index is 13.8. The Hall–Kier alpha value is -1.79. The number of amides is 1. The number of pyridine rings is 1. The molecule has 128 valence electrons. The fraction of sp³-hybridized carbons (Fsp3) is 0.444. The Morgan fingerprint density at radius 3 is 3.04 bits per heavy atom. The average Bonchev–Trinajstić information content (AvgIpc) is 3.22. The highest BCUT2D eigenvalue weighted by Crippen LogP contribution is 2.23. The molecular formula is C18H22FN3OS. The van der Waals surface area contributed by atoms with E-state index in [2.05, 4.69) is 21.3 Å². The van der Waals surface area contributed by atoms with E-state index in [-0.39, 0.29) is 11.9 Å². The van der Waals surface area contributed by atoms with Gasteiger partial charge in [0, 0.05) is 48.9 Å². The summed E-state index contributed by atoms with van der Waals surface area (Å²) < 4.78 is 13.8. The van der Waals surface area contributed by atoms with E-state index in [1.54, 1.807) is 17.5 Å². The molecule has 2 atom stereocenters. The summed E-state index contributed by atoms with van der Waals surface area (Å²) in [5.74, 6) is -0.000894. The normalized spacial score (nSPS) is 21.0. The second-order valence-electron chi connectivity index (χ2n) is 6.12. The summed E-state index contributed by atoms with van der Waals surface area (Å²) in [6.45, 7) is 1.71. The zero-order valence-corrected chi connectivity index (χ0v) is 14.3. The first-order valence-corrected chi connectivity index (χ1v) is 9.16. The van der Waals surface area contributed by atoms with Gasteiger partial charge in [-0.1, -0.05) is 12.1 Å². The maximum absolute atomic E-state index is 13.8. The van der Waals surface area contributed by atoms with Crippen LogP contribution in [0.15, 0.2) is 41.9 Å². The number of hydrogen-bond acceptors (Lipinski definition) is 4. The van der Waals surface area contributed by atoms with Gasteiger partial charge in [-0.2, -0.15) is 0 Å². The van der Waals surface area contributed by atoms with E-state index in [4.69, 9.17) is 0 Å². The zero-order valence-electron chi connectivity index (χ0n) is 13.5. The molecule has 2 aromatic heterocycles. The zero-order chi connectivity index (χ0) is 16.8. The number of hydrogen-bond donors (Lipinski definition) is 1. The predicted molar refractivity (Wildman–Crippen MR) is 93.6 cm³/mol. The number of nitrogens with zero attached hydrogens (tertiary/aromatic N) is 2. The molecule has 1 amide bonds. The number of carbonyl (C=O) groups excluding carboxylic acids is 1. The summed E-state index contributed by atoms with van der Waals surface area (Å²) in [4.78, 5) is 19.6. The van der Waals surface area contributed by atoms with Gasteiger partial charge in [0.1, 0.15) is 6.17 Å². The monoisotopic (exact) mass is 347 g/mol. The second kappa shape index (κ2) is 8.35. The quantitative estimate of drug-likeness (QED) is 0.838. The molecule has 3 heterocycles. The second-order valence-corrected chi connectivity index (χ2v) is 7.15. The number of likely N-dealkylation sites (tertiary alicyclic amines) is 1. The summed E-state index contributed by atoms with van der Waals surface area (Å²) in [6, 6.07) is 9.85. The molecule has 0 saturated carbocycles. The number of rotatable bonds is 7. The summed E-state index contributed by atoms with van der Waals surface area (Å²) in [5.41, 5.74) is 0.914. The first kappa shape index (κ1) is 17.0. The number of halogens is 1. The van der Waals surface area contributed by atoms with Crippen molar-refractivity contribution in [3.05, 3.63) is 52.5 Å². The fourth-order valence-electron chi connectivity index (χ4n) is 3.04. The van der Waals surface area contributed by atoms with E-state index in [0.717, 1.165) is 12.2 Å². The minimum absolute atomic E-state index is 0.000894. The van der Waals surface area contributed by atoms with Gasteiger partial charge in [0.05, 0.1) is 0 Å². The molecule has 0 bridgehead atoms. The van der Waals surface area contributed by atoms with Crippen LogP contribution >= 0.6 is 11.3 Å². The van der Waals surface area contributed by atoms with E-state index in [1.807, 2.05) is 29.6 Å². The van der Waals surface area contributed by atoms with Crippen LogP contribution in [0.5, 0.6) is 0 Å². The fourth-order valence-corrected chi connectivity index (χ4v) is 3.77. The highest BCUT2D eigenvalue weighted by molar-refractivity contribution is 7.09. The SMILES string of the molecule is O=C(CCc1ccccn1)NC[C@@H]1C[C@H](F)CN1Cc1cccs1. The van der Waals surface area contributed by atoms with Crippen molar-refractivity contribution in [2.75, 3.05) is 13.1 Å². The van der Waals surface area contributed by atoms with Crippen LogP contribution in [0.3, 0.4) is 0 Å². The van der Waals surface area contributed by atoms with E-state index < -0.39 is 6.17 Å². The molecule has 24 heavy (non-hydrogen) atoms. The van der Waals surface area contributed by atoms with Crippen molar-refractivity contribution in [1.29, 1.82) is 0 Å². The molecule has 1 fully saturated rings. The van der Waals surface area contributed by atoms with Gasteiger partial charge < -0.3 is 5.32 Å². The van der Waals surface area contributed by atoms with Crippen LogP contribution in [0.4, 0.5) is 4.39 Å². The van der Waals surface area contributed by atoms with Gasteiger partial charge in [-0.25, -0.2) is 4.39 Å². The van der Waals surface area contributed by atoms with Crippen molar-refractivity contribution < 1.29 is 9.18 Å². The van der Waals surface area contributed by atoms with Crippen LogP contribution in [0.1, 0.15) is 23.4 Å². The maximum Gasteiger partial charge on any atom is 0.220 e. The molecule has 1 aliphatic heterocycles. The van der Waals surface area contributed by atoms with Crippen LogP contribution < -0.4 is 5.32 Å². The van der Waals surface area contributed by atoms with Gasteiger partial charge in [-0.05, 0) is 36.4 Å². The third-order valence-electron chi connectivity index (χ3n) is 4.29. The molecular weight excluding hydrogens is 325 g/mol. The molecule has 0 aliphatic carbocycles. The van der Waals surface area contributed by atoms with Gasteiger partial charge in [0.2, 0.25) is 5.91 Å². The molecule has 1 aliphatic rings. The van der Waals surface area contributed by atoms with E-state index in [1.165, 1.54) is 4.88 Å². The first-order valence-electron chi connectivity index (χ1n) is 8.28. The lowest BCUT2D eigenvalue weighted by atomic mass is 10.2. The van der Waals surface area contributed by atoms with Crippen molar-refractivity contribution >= 4 is 17.2 Å². The lowest BCUT2D eigenvalue weighted by Gasteiger charge is -2.23. The molecule has 4 nitrogen and oxygen atoms in total. The Morgan fingerprint density at radius 2 is 2.29 bits per heavy atom. The Bertz CT molecular complexity index is 635. The van der Waals surface area contributed by atoms with Crippen molar-refractivity contribution in [2.45, 2.75) is 38.0 Å². The Kier molecular flexibility index (Phi) is 5.93. The van der Waals surface area contributed by atoms with Crippen LogP contribution in [0, 0.1) is 0 Å². The van der Waals surface area contributed by atoms with Crippen molar-refractivity contribution in [1.82, 2.24) is 15.2 Å². The summed E-state index contributed by atoms with van der Waals surface area (Å²) >= 11 is 1.68. The highest BCUT2D eigenvalue weighted by atomic mass is 32.1. The smallest absolute Gasteiger partial charge is 0.220 e. The van der Waals surface area contributed by atoms with Gasteiger partial charge in [0.15, 0.2) is 0 Å². The largest absolute Gasteiger partial charge is 0.355 e. The Balaban J connectivity index is 1.44. The number of thiophene rings is 1.